The number of benzene rings is 2. The predicted molar refractivity (Wildman–Crippen MR) is 140 cm³/mol. The smallest absolute Gasteiger partial charge is 0.293 e. The van der Waals surface area contributed by atoms with Crippen LogP contribution in [0.3, 0.4) is 0 Å². The second-order valence-corrected chi connectivity index (χ2v) is 10.3. The van der Waals surface area contributed by atoms with Crippen LogP contribution in [0.1, 0.15) is 36.8 Å². The number of amides is 3. The highest BCUT2D eigenvalue weighted by molar-refractivity contribution is 8.18. The summed E-state index contributed by atoms with van der Waals surface area (Å²) in [5.74, 6) is -0.199. The van der Waals surface area contributed by atoms with Gasteiger partial charge in [0, 0.05) is 40.8 Å². The highest BCUT2D eigenvalue weighted by Crippen LogP contribution is 2.35. The monoisotopic (exact) mass is 507 g/mol. The minimum Gasteiger partial charge on any atom is -0.341 e. The third kappa shape index (κ3) is 5.16. The molecular formula is C27H26ClN3O3S. The molecule has 2 saturated heterocycles. The molecule has 0 atom stereocenters. The number of hydrogen-bond donors (Lipinski definition) is 0. The zero-order valence-electron chi connectivity index (χ0n) is 19.3. The Morgan fingerprint density at radius 1 is 0.971 bits per heavy atom. The summed E-state index contributed by atoms with van der Waals surface area (Å²) >= 11 is 6.89. The number of aromatic nitrogens is 1. The van der Waals surface area contributed by atoms with Crippen LogP contribution in [0, 0.1) is 0 Å². The van der Waals surface area contributed by atoms with E-state index in [0.29, 0.717) is 9.93 Å². The van der Waals surface area contributed by atoms with E-state index in [1.54, 1.807) is 18.2 Å². The van der Waals surface area contributed by atoms with Crippen molar-refractivity contribution in [2.45, 2.75) is 38.8 Å². The number of hydrogen-bond acceptors (Lipinski definition) is 4. The molecule has 2 aliphatic rings. The van der Waals surface area contributed by atoms with E-state index in [2.05, 4.69) is 0 Å². The number of rotatable bonds is 5. The summed E-state index contributed by atoms with van der Waals surface area (Å²) in [5.41, 5.74) is 2.59. The van der Waals surface area contributed by atoms with Crippen molar-refractivity contribution in [3.63, 3.8) is 0 Å². The first-order chi connectivity index (χ1) is 17.0. The number of likely N-dealkylation sites (tertiary alicyclic amines) is 1. The minimum atomic E-state index is -0.313. The SMILES string of the molecule is O=C(Cn1cc(/C=C2\SC(=O)N(Cc3ccc(Cl)cc3)C2=O)c2ccccc21)N1CCCCCC1. The standard InChI is InChI=1S/C27H26ClN3O3S/c28-21-11-9-19(10-12-21)16-31-26(33)24(35-27(31)34)15-20-17-30(23-8-4-3-7-22(20)23)18-25(32)29-13-5-1-2-6-14-29/h3-4,7-12,15,17H,1-2,5-6,13-14,16,18H2/b24-15-. The summed E-state index contributed by atoms with van der Waals surface area (Å²) in [4.78, 5) is 42.3. The molecule has 35 heavy (non-hydrogen) atoms. The number of fused-ring (bicyclic) bond motifs is 1. The van der Waals surface area contributed by atoms with Gasteiger partial charge in [0.15, 0.2) is 0 Å². The van der Waals surface area contributed by atoms with Crippen molar-refractivity contribution in [3.05, 3.63) is 75.8 Å². The van der Waals surface area contributed by atoms with Gasteiger partial charge in [-0.1, -0.05) is 54.8 Å². The van der Waals surface area contributed by atoms with Crippen molar-refractivity contribution in [1.29, 1.82) is 0 Å². The Hall–Kier alpha value is -3.03. The molecule has 0 aliphatic carbocycles. The summed E-state index contributed by atoms with van der Waals surface area (Å²) in [6.45, 7) is 2.08. The van der Waals surface area contributed by atoms with E-state index in [1.807, 2.05) is 52.1 Å². The summed E-state index contributed by atoms with van der Waals surface area (Å²) in [5, 5.41) is 1.26. The van der Waals surface area contributed by atoms with Crippen LogP contribution in [0.15, 0.2) is 59.6 Å². The fourth-order valence-corrected chi connectivity index (χ4v) is 5.59. The van der Waals surface area contributed by atoms with E-state index < -0.39 is 0 Å². The predicted octanol–water partition coefficient (Wildman–Crippen LogP) is 5.93. The average Bonchev–Trinajstić information content (AvgIpc) is 3.16. The van der Waals surface area contributed by atoms with Crippen LogP contribution in [0.4, 0.5) is 4.79 Å². The van der Waals surface area contributed by atoms with Crippen LogP contribution < -0.4 is 0 Å². The second kappa shape index (κ2) is 10.3. The Morgan fingerprint density at radius 2 is 1.69 bits per heavy atom. The van der Waals surface area contributed by atoms with Gasteiger partial charge in [0.2, 0.25) is 5.91 Å². The van der Waals surface area contributed by atoms with Gasteiger partial charge in [-0.15, -0.1) is 0 Å². The maximum Gasteiger partial charge on any atom is 0.293 e. The van der Waals surface area contributed by atoms with Gasteiger partial charge in [-0.3, -0.25) is 19.3 Å². The number of para-hydroxylation sites is 1. The first-order valence-corrected chi connectivity index (χ1v) is 13.0. The van der Waals surface area contributed by atoms with Crippen LogP contribution in [-0.4, -0.2) is 44.5 Å². The molecule has 2 fully saturated rings. The molecule has 0 spiro atoms. The highest BCUT2D eigenvalue weighted by Gasteiger charge is 2.35. The molecule has 3 heterocycles. The van der Waals surface area contributed by atoms with Crippen molar-refractivity contribution in [1.82, 2.24) is 14.4 Å². The Balaban J connectivity index is 1.39. The molecular weight excluding hydrogens is 482 g/mol. The average molecular weight is 508 g/mol. The Labute approximate surface area is 213 Å². The summed E-state index contributed by atoms with van der Waals surface area (Å²) in [6, 6.07) is 14.9. The number of thioether (sulfide) groups is 1. The van der Waals surface area contributed by atoms with E-state index in [1.165, 1.54) is 17.7 Å². The lowest BCUT2D eigenvalue weighted by molar-refractivity contribution is -0.131. The molecule has 0 saturated carbocycles. The number of nitrogens with zero attached hydrogens (tertiary/aromatic N) is 3. The summed E-state index contributed by atoms with van der Waals surface area (Å²) in [6.07, 6.45) is 8.13. The third-order valence-electron chi connectivity index (χ3n) is 6.50. The van der Waals surface area contributed by atoms with Crippen LogP contribution in [-0.2, 0) is 22.7 Å². The van der Waals surface area contributed by atoms with Crippen molar-refractivity contribution in [2.75, 3.05) is 13.1 Å². The largest absolute Gasteiger partial charge is 0.341 e. The van der Waals surface area contributed by atoms with E-state index in [0.717, 1.165) is 59.7 Å². The van der Waals surface area contributed by atoms with Crippen LogP contribution >= 0.6 is 23.4 Å². The van der Waals surface area contributed by atoms with Gasteiger partial charge in [-0.05, 0) is 54.4 Å². The number of halogens is 1. The molecule has 5 rings (SSSR count). The van der Waals surface area contributed by atoms with E-state index in [-0.39, 0.29) is 30.1 Å². The highest BCUT2D eigenvalue weighted by atomic mass is 35.5. The molecule has 6 nitrogen and oxygen atoms in total. The number of carbonyl (C=O) groups is 3. The summed E-state index contributed by atoms with van der Waals surface area (Å²) < 4.78 is 1.95. The van der Waals surface area contributed by atoms with Gasteiger partial charge in [-0.2, -0.15) is 0 Å². The van der Waals surface area contributed by atoms with Gasteiger partial charge in [0.05, 0.1) is 11.4 Å². The van der Waals surface area contributed by atoms with Gasteiger partial charge < -0.3 is 9.47 Å². The zero-order valence-corrected chi connectivity index (χ0v) is 20.9. The molecule has 0 unspecified atom stereocenters. The first kappa shape index (κ1) is 23.7. The molecule has 3 aromatic rings. The number of imide groups is 1. The summed E-state index contributed by atoms with van der Waals surface area (Å²) in [7, 11) is 0. The van der Waals surface area contributed by atoms with Gasteiger partial charge >= 0.3 is 0 Å². The third-order valence-corrected chi connectivity index (χ3v) is 7.66. The lowest BCUT2D eigenvalue weighted by atomic mass is 10.1. The lowest BCUT2D eigenvalue weighted by Gasteiger charge is -2.20. The van der Waals surface area contributed by atoms with Crippen LogP contribution in [0.5, 0.6) is 0 Å². The normalized spacial score (nSPS) is 18.0. The molecule has 180 valence electrons. The van der Waals surface area contributed by atoms with Crippen LogP contribution in [0.2, 0.25) is 5.02 Å². The molecule has 1 aromatic heterocycles. The van der Waals surface area contributed by atoms with Crippen LogP contribution in [0.25, 0.3) is 17.0 Å². The quantitative estimate of drug-likeness (QED) is 0.401. The maximum atomic E-state index is 13.1. The van der Waals surface area contributed by atoms with Gasteiger partial charge in [0.25, 0.3) is 11.1 Å². The first-order valence-electron chi connectivity index (χ1n) is 11.8. The lowest BCUT2D eigenvalue weighted by Crippen LogP contribution is -2.34. The molecule has 2 aromatic carbocycles. The molecule has 3 amide bonds. The van der Waals surface area contributed by atoms with Crippen molar-refractivity contribution >= 4 is 57.4 Å². The van der Waals surface area contributed by atoms with Gasteiger partial charge in [-0.25, -0.2) is 0 Å². The maximum absolute atomic E-state index is 13.1. The second-order valence-electron chi connectivity index (χ2n) is 8.92. The van der Waals surface area contributed by atoms with E-state index in [4.69, 9.17) is 11.6 Å². The Kier molecular flexibility index (Phi) is 6.97. The molecule has 0 radical (unpaired) electrons. The fraction of sp³-hybridized carbons (Fsp3) is 0.296. The van der Waals surface area contributed by atoms with Crippen molar-refractivity contribution < 1.29 is 14.4 Å². The van der Waals surface area contributed by atoms with Gasteiger partial charge in [0.1, 0.15) is 6.54 Å². The van der Waals surface area contributed by atoms with E-state index in [9.17, 15) is 14.4 Å². The fourth-order valence-electron chi connectivity index (χ4n) is 4.64. The minimum absolute atomic E-state index is 0.113. The van der Waals surface area contributed by atoms with Crippen molar-refractivity contribution in [3.8, 4) is 0 Å². The molecule has 8 heteroatoms. The Bertz CT molecular complexity index is 1310. The number of carbonyl (C=O) groups excluding carboxylic acids is 3. The Morgan fingerprint density at radius 3 is 2.43 bits per heavy atom. The molecule has 0 N–H and O–H groups in total. The molecule has 2 aliphatic heterocycles. The van der Waals surface area contributed by atoms with Crippen molar-refractivity contribution in [2.24, 2.45) is 0 Å². The topological polar surface area (TPSA) is 62.6 Å². The van der Waals surface area contributed by atoms with E-state index >= 15 is 0 Å². The molecule has 0 bridgehead atoms. The zero-order chi connectivity index (χ0) is 24.4.